The summed E-state index contributed by atoms with van der Waals surface area (Å²) in [4.78, 5) is 2.92. The van der Waals surface area contributed by atoms with Crippen LogP contribution >= 0.6 is 11.3 Å². The second-order valence-electron chi connectivity index (χ2n) is 7.01. The lowest BCUT2D eigenvalue weighted by atomic mass is 9.79. The monoisotopic (exact) mass is 306 g/mol. The van der Waals surface area contributed by atoms with Gasteiger partial charge < -0.3 is 10.6 Å². The molecule has 0 aromatic carbocycles. The fourth-order valence-electron chi connectivity index (χ4n) is 4.42. The van der Waals surface area contributed by atoms with Gasteiger partial charge in [0, 0.05) is 27.9 Å². The van der Waals surface area contributed by atoms with Crippen molar-refractivity contribution in [2.24, 2.45) is 5.92 Å². The zero-order chi connectivity index (χ0) is 14.8. The van der Waals surface area contributed by atoms with E-state index in [0.717, 1.165) is 12.0 Å². The molecule has 2 N–H and O–H groups in total. The molecular weight excluding hydrogens is 276 g/mol. The summed E-state index contributed by atoms with van der Waals surface area (Å²) < 4.78 is 0. The van der Waals surface area contributed by atoms with E-state index in [0.29, 0.717) is 12.1 Å². The smallest absolute Gasteiger partial charge is 0.0305 e. The molecule has 2 fully saturated rings. The Balaban J connectivity index is 1.67. The van der Waals surface area contributed by atoms with E-state index in [2.05, 4.69) is 37.5 Å². The number of nitrogens with one attached hydrogen (secondary N) is 2. The molecule has 1 saturated carbocycles. The SMILES string of the molecule is Cc1cc(C(C)NC2CCCCC2C2CCCN2)c(C)s1. The molecule has 1 aromatic rings. The van der Waals surface area contributed by atoms with Crippen LogP contribution < -0.4 is 10.6 Å². The van der Waals surface area contributed by atoms with Crippen LogP contribution in [-0.4, -0.2) is 18.6 Å². The maximum absolute atomic E-state index is 3.98. The van der Waals surface area contributed by atoms with Crippen molar-refractivity contribution in [3.05, 3.63) is 21.4 Å². The lowest BCUT2D eigenvalue weighted by molar-refractivity contribution is 0.203. The summed E-state index contributed by atoms with van der Waals surface area (Å²) in [5, 5.41) is 7.73. The van der Waals surface area contributed by atoms with E-state index in [1.165, 1.54) is 60.4 Å². The average molecular weight is 307 g/mol. The van der Waals surface area contributed by atoms with E-state index in [-0.39, 0.29) is 0 Å². The Morgan fingerprint density at radius 3 is 2.67 bits per heavy atom. The Labute approximate surface area is 133 Å². The maximum Gasteiger partial charge on any atom is 0.0305 e. The maximum atomic E-state index is 3.98. The summed E-state index contributed by atoms with van der Waals surface area (Å²) in [7, 11) is 0. The molecule has 2 aliphatic rings. The molecule has 4 atom stereocenters. The Hall–Kier alpha value is -0.380. The molecule has 2 heterocycles. The first-order chi connectivity index (χ1) is 10.1. The van der Waals surface area contributed by atoms with Gasteiger partial charge in [0.05, 0.1) is 0 Å². The predicted molar refractivity (Wildman–Crippen MR) is 92.1 cm³/mol. The van der Waals surface area contributed by atoms with Crippen LogP contribution in [0.3, 0.4) is 0 Å². The van der Waals surface area contributed by atoms with E-state index in [4.69, 9.17) is 0 Å². The van der Waals surface area contributed by atoms with Crippen LogP contribution in [0.2, 0.25) is 0 Å². The third-order valence-electron chi connectivity index (χ3n) is 5.44. The Morgan fingerprint density at radius 1 is 1.19 bits per heavy atom. The summed E-state index contributed by atoms with van der Waals surface area (Å²) >= 11 is 1.93. The van der Waals surface area contributed by atoms with Gasteiger partial charge in [0.25, 0.3) is 0 Å². The molecule has 0 spiro atoms. The third kappa shape index (κ3) is 3.52. The van der Waals surface area contributed by atoms with Crippen molar-refractivity contribution in [3.8, 4) is 0 Å². The van der Waals surface area contributed by atoms with E-state index in [9.17, 15) is 0 Å². The van der Waals surface area contributed by atoms with E-state index in [1.807, 2.05) is 11.3 Å². The highest BCUT2D eigenvalue weighted by molar-refractivity contribution is 7.12. The summed E-state index contributed by atoms with van der Waals surface area (Å²) in [5.74, 6) is 0.837. The first kappa shape index (κ1) is 15.5. The molecule has 1 saturated heterocycles. The van der Waals surface area contributed by atoms with Gasteiger partial charge in [0.15, 0.2) is 0 Å². The van der Waals surface area contributed by atoms with Gasteiger partial charge in [-0.15, -0.1) is 11.3 Å². The van der Waals surface area contributed by atoms with Crippen molar-refractivity contribution in [3.63, 3.8) is 0 Å². The number of hydrogen-bond donors (Lipinski definition) is 2. The third-order valence-corrected chi connectivity index (χ3v) is 6.43. The van der Waals surface area contributed by atoms with Crippen LogP contribution in [0, 0.1) is 19.8 Å². The Kier molecular flexibility index (Phi) is 5.03. The number of thiophene rings is 1. The van der Waals surface area contributed by atoms with Crippen LogP contribution in [0.4, 0.5) is 0 Å². The highest BCUT2D eigenvalue weighted by Gasteiger charge is 2.34. The van der Waals surface area contributed by atoms with Gasteiger partial charge >= 0.3 is 0 Å². The molecule has 1 aromatic heterocycles. The van der Waals surface area contributed by atoms with Gasteiger partial charge in [-0.05, 0) is 70.5 Å². The molecule has 0 amide bonds. The fraction of sp³-hybridized carbons (Fsp3) is 0.778. The second-order valence-corrected chi connectivity index (χ2v) is 8.48. The van der Waals surface area contributed by atoms with Gasteiger partial charge in [0.1, 0.15) is 0 Å². The predicted octanol–water partition coefficient (Wildman–Crippen LogP) is 4.33. The molecule has 4 unspecified atom stereocenters. The zero-order valence-corrected chi connectivity index (χ0v) is 14.6. The molecular formula is C18H30N2S. The minimum atomic E-state index is 0.488. The largest absolute Gasteiger partial charge is 0.314 e. The molecule has 3 rings (SSSR count). The molecule has 2 nitrogen and oxygen atoms in total. The standard InChI is InChI=1S/C18H30N2S/c1-12-11-16(14(3)21-12)13(2)20-18-8-5-4-7-15(18)17-9-6-10-19-17/h11,13,15,17-20H,4-10H2,1-3H3. The number of aryl methyl sites for hydroxylation is 2. The van der Waals surface area contributed by atoms with E-state index < -0.39 is 0 Å². The van der Waals surface area contributed by atoms with Gasteiger partial charge in [-0.1, -0.05) is 12.8 Å². The molecule has 0 bridgehead atoms. The van der Waals surface area contributed by atoms with Gasteiger partial charge in [0.2, 0.25) is 0 Å². The van der Waals surface area contributed by atoms with Crippen LogP contribution in [0.5, 0.6) is 0 Å². The lowest BCUT2D eigenvalue weighted by Crippen LogP contribution is -2.47. The zero-order valence-electron chi connectivity index (χ0n) is 13.7. The molecule has 1 aliphatic heterocycles. The summed E-state index contributed by atoms with van der Waals surface area (Å²) in [5.41, 5.74) is 1.52. The minimum absolute atomic E-state index is 0.488. The van der Waals surface area contributed by atoms with Crippen LogP contribution in [0.1, 0.15) is 66.8 Å². The molecule has 3 heteroatoms. The van der Waals surface area contributed by atoms with Crippen molar-refractivity contribution in [2.45, 2.75) is 77.4 Å². The van der Waals surface area contributed by atoms with Gasteiger partial charge in [-0.25, -0.2) is 0 Å². The molecule has 0 radical (unpaired) electrons. The molecule has 1 aliphatic carbocycles. The van der Waals surface area contributed by atoms with Gasteiger partial charge in [-0.2, -0.15) is 0 Å². The van der Waals surface area contributed by atoms with Crippen LogP contribution in [0.15, 0.2) is 6.07 Å². The first-order valence-electron chi connectivity index (χ1n) is 8.71. The molecule has 118 valence electrons. The van der Waals surface area contributed by atoms with E-state index in [1.54, 1.807) is 0 Å². The van der Waals surface area contributed by atoms with Crippen LogP contribution in [-0.2, 0) is 0 Å². The Morgan fingerprint density at radius 2 is 2.00 bits per heavy atom. The quantitative estimate of drug-likeness (QED) is 0.865. The summed E-state index contributed by atoms with van der Waals surface area (Å²) in [6.07, 6.45) is 8.33. The summed E-state index contributed by atoms with van der Waals surface area (Å²) in [6.45, 7) is 8.07. The lowest BCUT2D eigenvalue weighted by Gasteiger charge is -2.38. The highest BCUT2D eigenvalue weighted by atomic mass is 32.1. The number of hydrogen-bond acceptors (Lipinski definition) is 3. The summed E-state index contributed by atoms with van der Waals surface area (Å²) in [6, 6.07) is 4.33. The topological polar surface area (TPSA) is 24.1 Å². The first-order valence-corrected chi connectivity index (χ1v) is 9.53. The average Bonchev–Trinajstić information content (AvgIpc) is 3.09. The molecule has 21 heavy (non-hydrogen) atoms. The van der Waals surface area contributed by atoms with Crippen LogP contribution in [0.25, 0.3) is 0 Å². The number of rotatable bonds is 4. The van der Waals surface area contributed by atoms with E-state index >= 15 is 0 Å². The fourth-order valence-corrected chi connectivity index (χ4v) is 5.44. The Bertz CT molecular complexity index is 462. The second kappa shape index (κ2) is 6.80. The van der Waals surface area contributed by atoms with Crippen molar-refractivity contribution in [2.75, 3.05) is 6.54 Å². The van der Waals surface area contributed by atoms with Crippen molar-refractivity contribution in [1.82, 2.24) is 10.6 Å². The van der Waals surface area contributed by atoms with Crippen molar-refractivity contribution in [1.29, 1.82) is 0 Å². The van der Waals surface area contributed by atoms with Crippen molar-refractivity contribution < 1.29 is 0 Å². The highest BCUT2D eigenvalue weighted by Crippen LogP contribution is 2.33. The van der Waals surface area contributed by atoms with Gasteiger partial charge in [-0.3, -0.25) is 0 Å². The minimum Gasteiger partial charge on any atom is -0.314 e. The van der Waals surface area contributed by atoms with Crippen molar-refractivity contribution >= 4 is 11.3 Å². The normalized spacial score (nSPS) is 31.5.